The van der Waals surface area contributed by atoms with Crippen molar-refractivity contribution in [2.45, 2.75) is 0 Å². The first-order valence-corrected chi connectivity index (χ1v) is 20.7. The Bertz CT molecular complexity index is 3650. The van der Waals surface area contributed by atoms with Gasteiger partial charge in [-0.2, -0.15) is 0 Å². The molecule has 0 saturated carbocycles. The normalized spacial score (nSPS) is 11.7. The van der Waals surface area contributed by atoms with Crippen molar-refractivity contribution in [1.29, 1.82) is 0 Å². The summed E-state index contributed by atoms with van der Waals surface area (Å²) in [7, 11) is 0. The van der Waals surface area contributed by atoms with E-state index in [1.807, 2.05) is 0 Å². The molecule has 12 rings (SSSR count). The third kappa shape index (κ3) is 5.67. The monoisotopic (exact) mass is 759 g/mol. The van der Waals surface area contributed by atoms with Gasteiger partial charge in [-0.3, -0.25) is 0 Å². The molecule has 0 radical (unpaired) electrons. The lowest BCUT2D eigenvalue weighted by Crippen LogP contribution is -1.93. The van der Waals surface area contributed by atoms with E-state index < -0.39 is 0 Å². The fourth-order valence-electron chi connectivity index (χ4n) is 9.53. The lowest BCUT2D eigenvalue weighted by molar-refractivity contribution is 1.40. The van der Waals surface area contributed by atoms with Gasteiger partial charge in [0.2, 0.25) is 0 Å². The van der Waals surface area contributed by atoms with E-state index in [-0.39, 0.29) is 0 Å². The summed E-state index contributed by atoms with van der Waals surface area (Å²) in [6, 6.07) is 82.2. The van der Waals surface area contributed by atoms with Crippen LogP contribution in [0, 0.1) is 0 Å². The predicted molar refractivity (Wildman–Crippen MR) is 256 cm³/mol. The largest absolute Gasteiger partial charge is 0.248 e. The Morgan fingerprint density at radius 1 is 0.250 bits per heavy atom. The molecule has 1 heteroatoms. The average molecular weight is 760 g/mol. The summed E-state index contributed by atoms with van der Waals surface area (Å²) in [5, 5.41) is 13.5. The molecular formula is C59H37N. The molecule has 0 amide bonds. The zero-order valence-electron chi connectivity index (χ0n) is 32.8. The highest BCUT2D eigenvalue weighted by Gasteiger charge is 2.19. The van der Waals surface area contributed by atoms with Crippen LogP contribution in [-0.2, 0) is 0 Å². The van der Waals surface area contributed by atoms with Gasteiger partial charge >= 0.3 is 0 Å². The van der Waals surface area contributed by atoms with Gasteiger partial charge in [-0.15, -0.1) is 0 Å². The van der Waals surface area contributed by atoms with Crippen LogP contribution in [0.25, 0.3) is 121 Å². The Labute approximate surface area is 348 Å². The highest BCUT2D eigenvalue weighted by atomic mass is 14.7. The van der Waals surface area contributed by atoms with E-state index in [1.54, 1.807) is 0 Å². The van der Waals surface area contributed by atoms with E-state index in [0.717, 1.165) is 16.8 Å². The molecule has 60 heavy (non-hydrogen) atoms. The molecule has 1 aromatic heterocycles. The van der Waals surface area contributed by atoms with Gasteiger partial charge in [0.25, 0.3) is 0 Å². The van der Waals surface area contributed by atoms with E-state index >= 15 is 0 Å². The maximum Gasteiger partial charge on any atom is 0.0722 e. The van der Waals surface area contributed by atoms with Crippen molar-refractivity contribution in [3.05, 3.63) is 224 Å². The van der Waals surface area contributed by atoms with Crippen LogP contribution >= 0.6 is 0 Å². The van der Waals surface area contributed by atoms with Crippen LogP contribution in [0.1, 0.15) is 0 Å². The Morgan fingerprint density at radius 3 is 1.45 bits per heavy atom. The lowest BCUT2D eigenvalue weighted by atomic mass is 9.84. The molecule has 1 nitrogen and oxygen atoms in total. The fraction of sp³-hybridized carbons (Fsp3) is 0. The zero-order chi connectivity index (χ0) is 39.6. The quantitative estimate of drug-likeness (QED) is 0.126. The fourth-order valence-corrected chi connectivity index (χ4v) is 9.53. The van der Waals surface area contributed by atoms with E-state index in [1.165, 1.54) is 104 Å². The van der Waals surface area contributed by atoms with Gasteiger partial charge in [-0.25, -0.2) is 4.98 Å². The van der Waals surface area contributed by atoms with Crippen LogP contribution < -0.4 is 0 Å². The molecule has 1 heterocycles. The lowest BCUT2D eigenvalue weighted by Gasteiger charge is -2.19. The number of nitrogens with zero attached hydrogens (tertiary/aromatic N) is 1. The first-order valence-electron chi connectivity index (χ1n) is 20.7. The van der Waals surface area contributed by atoms with E-state index in [0.29, 0.717) is 0 Å². The van der Waals surface area contributed by atoms with Gasteiger partial charge in [0, 0.05) is 10.9 Å². The minimum absolute atomic E-state index is 0.970. The minimum atomic E-state index is 0.970. The second-order valence-electron chi connectivity index (χ2n) is 15.9. The zero-order valence-corrected chi connectivity index (χ0v) is 32.8. The highest BCUT2D eigenvalue weighted by molar-refractivity contribution is 6.23. The van der Waals surface area contributed by atoms with E-state index in [9.17, 15) is 0 Å². The number of fused-ring (bicyclic) bond motifs is 7. The number of pyridine rings is 1. The second-order valence-corrected chi connectivity index (χ2v) is 15.9. The molecule has 0 atom stereocenters. The molecule has 0 bridgehead atoms. The molecule has 0 fully saturated rings. The molecular weight excluding hydrogens is 723 g/mol. The summed E-state index contributed by atoms with van der Waals surface area (Å²) in [6.07, 6.45) is 0. The number of hydrogen-bond donors (Lipinski definition) is 0. The van der Waals surface area contributed by atoms with Crippen molar-refractivity contribution in [2.75, 3.05) is 0 Å². The smallest absolute Gasteiger partial charge is 0.0722 e. The average Bonchev–Trinajstić information content (AvgIpc) is 3.32. The maximum atomic E-state index is 5.23. The molecule has 278 valence electrons. The molecule has 11 aromatic carbocycles. The third-order valence-corrected chi connectivity index (χ3v) is 12.4. The Hall–Kier alpha value is -7.87. The van der Waals surface area contributed by atoms with Crippen LogP contribution in [0.15, 0.2) is 224 Å². The standard InChI is InChI=1S/C59H37N/c1-2-16-41(17-3-1)56-37-53(59-49-22-9-8-15-40(49)30-32-55(59)60-56)46-21-12-20-44(33-46)45-29-31-52-54(36-45)58(48-28-26-39-14-5-7-19-43(39)35-48)51-24-11-10-23-50(51)57(52)47-27-25-38-13-4-6-18-42(38)34-47/h1-37H. The highest BCUT2D eigenvalue weighted by Crippen LogP contribution is 2.46. The molecule has 0 saturated heterocycles. The summed E-state index contributed by atoms with van der Waals surface area (Å²) in [6.45, 7) is 0. The molecule has 0 unspecified atom stereocenters. The van der Waals surface area contributed by atoms with Crippen LogP contribution in [0.5, 0.6) is 0 Å². The van der Waals surface area contributed by atoms with Gasteiger partial charge in [0.15, 0.2) is 0 Å². The topological polar surface area (TPSA) is 12.9 Å². The Kier molecular flexibility index (Phi) is 7.92. The number of hydrogen-bond acceptors (Lipinski definition) is 1. The molecule has 0 aliphatic heterocycles. The van der Waals surface area contributed by atoms with Crippen LogP contribution in [0.3, 0.4) is 0 Å². The molecule has 0 aliphatic rings. The molecule has 0 aliphatic carbocycles. The van der Waals surface area contributed by atoms with Crippen molar-refractivity contribution in [3.8, 4) is 55.8 Å². The van der Waals surface area contributed by atoms with Crippen molar-refractivity contribution < 1.29 is 0 Å². The van der Waals surface area contributed by atoms with Gasteiger partial charge in [-0.05, 0) is 135 Å². The van der Waals surface area contributed by atoms with Gasteiger partial charge in [-0.1, -0.05) is 188 Å². The Balaban J connectivity index is 1.12. The Morgan fingerprint density at radius 2 is 0.750 bits per heavy atom. The summed E-state index contributed by atoms with van der Waals surface area (Å²) in [4.78, 5) is 5.23. The van der Waals surface area contributed by atoms with Crippen LogP contribution in [-0.4, -0.2) is 4.98 Å². The van der Waals surface area contributed by atoms with Crippen molar-refractivity contribution in [1.82, 2.24) is 4.98 Å². The first-order chi connectivity index (χ1) is 29.7. The summed E-state index contributed by atoms with van der Waals surface area (Å²) in [5.74, 6) is 0. The molecule has 12 aromatic rings. The predicted octanol–water partition coefficient (Wildman–Crippen LogP) is 16.3. The van der Waals surface area contributed by atoms with Crippen molar-refractivity contribution >= 4 is 64.8 Å². The molecule has 0 spiro atoms. The van der Waals surface area contributed by atoms with Crippen molar-refractivity contribution in [3.63, 3.8) is 0 Å². The second kappa shape index (κ2) is 13.9. The minimum Gasteiger partial charge on any atom is -0.248 e. The number of aromatic nitrogens is 1. The van der Waals surface area contributed by atoms with Gasteiger partial charge < -0.3 is 0 Å². The van der Waals surface area contributed by atoms with Gasteiger partial charge in [0.05, 0.1) is 11.2 Å². The van der Waals surface area contributed by atoms with Gasteiger partial charge in [0.1, 0.15) is 0 Å². The SMILES string of the molecule is c1ccc(-c2cc(-c3cccc(-c4ccc5c(-c6ccc7ccccc7c6)c6ccccc6c(-c6ccc7ccccc7c6)c5c4)c3)c3c(ccc4ccccc43)n2)cc1. The molecule has 0 N–H and O–H groups in total. The van der Waals surface area contributed by atoms with E-state index in [2.05, 4.69) is 224 Å². The van der Waals surface area contributed by atoms with E-state index in [4.69, 9.17) is 4.98 Å². The first kappa shape index (κ1) is 34.2. The van der Waals surface area contributed by atoms with Crippen LogP contribution in [0.2, 0.25) is 0 Å². The van der Waals surface area contributed by atoms with Crippen molar-refractivity contribution in [2.24, 2.45) is 0 Å². The maximum absolute atomic E-state index is 5.23. The summed E-state index contributed by atoms with van der Waals surface area (Å²) < 4.78 is 0. The summed E-state index contributed by atoms with van der Waals surface area (Å²) in [5.41, 5.74) is 12.7. The number of benzene rings is 11. The van der Waals surface area contributed by atoms with Crippen LogP contribution in [0.4, 0.5) is 0 Å². The summed E-state index contributed by atoms with van der Waals surface area (Å²) >= 11 is 0. The third-order valence-electron chi connectivity index (χ3n) is 12.4. The number of rotatable bonds is 5.